The molecule has 3 aliphatic rings. The summed E-state index contributed by atoms with van der Waals surface area (Å²) < 4.78 is 22.1. The standard InChI is InChI=1S/C25H24N2O8/c1-25(2)34-19(23(30)32-17-15(26-21(17)28)13-9-5-3-6-10-13)20(35-25)24(31)33-18-16(27-22(18)29)14-11-7-4-8-12-14/h3-12,15-20H,1-2H3,(H,26,28)(H,27,29)/t15-,16-,17+,18+,19+,20+/m0/s1. The quantitative estimate of drug-likeness (QED) is 0.464. The van der Waals surface area contributed by atoms with Crippen molar-refractivity contribution in [3.8, 4) is 0 Å². The summed E-state index contributed by atoms with van der Waals surface area (Å²) in [5.74, 6) is -4.08. The van der Waals surface area contributed by atoms with Crippen LogP contribution in [0.5, 0.6) is 0 Å². The molecule has 6 atom stereocenters. The summed E-state index contributed by atoms with van der Waals surface area (Å²) >= 11 is 0. The minimum Gasteiger partial charge on any atom is -0.448 e. The number of rotatable bonds is 6. The number of hydrogen-bond acceptors (Lipinski definition) is 8. The van der Waals surface area contributed by atoms with Gasteiger partial charge >= 0.3 is 11.9 Å². The van der Waals surface area contributed by atoms with E-state index in [1.54, 1.807) is 48.5 Å². The van der Waals surface area contributed by atoms with Crippen LogP contribution in [0.3, 0.4) is 0 Å². The van der Waals surface area contributed by atoms with Gasteiger partial charge in [-0.3, -0.25) is 9.59 Å². The maximum absolute atomic E-state index is 13.0. The highest BCUT2D eigenvalue weighted by Crippen LogP contribution is 2.34. The van der Waals surface area contributed by atoms with Crippen LogP contribution < -0.4 is 10.6 Å². The Morgan fingerprint density at radius 2 is 1.09 bits per heavy atom. The SMILES string of the molecule is CC1(C)O[C@@H](C(=O)O[C@H]2C(=O)N[C@H]2c2ccccc2)[C@H](C(=O)O[C@H]2C(=O)N[C@H]2c2ccccc2)O1. The smallest absolute Gasteiger partial charge is 0.339 e. The fourth-order valence-electron chi connectivity index (χ4n) is 4.30. The highest BCUT2D eigenvalue weighted by molar-refractivity contribution is 5.94. The highest BCUT2D eigenvalue weighted by Gasteiger charge is 2.55. The van der Waals surface area contributed by atoms with E-state index >= 15 is 0 Å². The molecule has 0 saturated carbocycles. The van der Waals surface area contributed by atoms with E-state index in [-0.39, 0.29) is 0 Å². The molecule has 10 heteroatoms. The summed E-state index contributed by atoms with van der Waals surface area (Å²) in [5.41, 5.74) is 1.54. The Morgan fingerprint density at radius 3 is 1.43 bits per heavy atom. The largest absolute Gasteiger partial charge is 0.448 e. The van der Waals surface area contributed by atoms with Crippen LogP contribution in [-0.4, -0.2) is 54.0 Å². The minimum atomic E-state index is -1.47. The number of nitrogens with one attached hydrogen (secondary N) is 2. The lowest BCUT2D eigenvalue weighted by molar-refractivity contribution is -0.183. The van der Waals surface area contributed by atoms with Gasteiger partial charge in [0.05, 0.1) is 0 Å². The van der Waals surface area contributed by atoms with Crippen molar-refractivity contribution in [1.29, 1.82) is 0 Å². The summed E-state index contributed by atoms with van der Waals surface area (Å²) in [6.45, 7) is 3.07. The highest BCUT2D eigenvalue weighted by atomic mass is 16.8. The third-order valence-electron chi connectivity index (χ3n) is 6.08. The van der Waals surface area contributed by atoms with Gasteiger partial charge < -0.3 is 29.6 Å². The normalized spacial score (nSPS) is 30.8. The molecule has 2 aromatic carbocycles. The summed E-state index contributed by atoms with van der Waals surface area (Å²) in [6, 6.07) is 17.1. The molecule has 3 aliphatic heterocycles. The molecule has 2 amide bonds. The molecule has 2 aromatic rings. The topological polar surface area (TPSA) is 129 Å². The van der Waals surface area contributed by atoms with Crippen LogP contribution in [-0.2, 0) is 38.1 Å². The monoisotopic (exact) mass is 480 g/mol. The van der Waals surface area contributed by atoms with Gasteiger partial charge in [0.1, 0.15) is 12.1 Å². The molecular weight excluding hydrogens is 456 g/mol. The maximum atomic E-state index is 13.0. The molecule has 2 N–H and O–H groups in total. The Bertz CT molecular complexity index is 1060. The van der Waals surface area contributed by atoms with Gasteiger partial charge in [-0.05, 0) is 25.0 Å². The van der Waals surface area contributed by atoms with E-state index in [4.69, 9.17) is 18.9 Å². The summed E-state index contributed by atoms with van der Waals surface area (Å²) in [4.78, 5) is 50.2. The van der Waals surface area contributed by atoms with Crippen molar-refractivity contribution in [2.24, 2.45) is 0 Å². The minimum absolute atomic E-state index is 0.457. The zero-order chi connectivity index (χ0) is 24.7. The zero-order valence-electron chi connectivity index (χ0n) is 19.0. The molecule has 0 spiro atoms. The number of carbonyl (C=O) groups is 4. The molecule has 35 heavy (non-hydrogen) atoms. The van der Waals surface area contributed by atoms with Crippen molar-refractivity contribution >= 4 is 23.8 Å². The molecule has 10 nitrogen and oxygen atoms in total. The molecule has 3 heterocycles. The number of carbonyl (C=O) groups excluding carboxylic acids is 4. The van der Waals surface area contributed by atoms with Crippen molar-refractivity contribution in [1.82, 2.24) is 10.6 Å². The second-order valence-corrected chi connectivity index (χ2v) is 8.99. The molecule has 0 aliphatic carbocycles. The third kappa shape index (κ3) is 4.38. The van der Waals surface area contributed by atoms with Crippen molar-refractivity contribution < 1.29 is 38.1 Å². The van der Waals surface area contributed by atoms with Crippen LogP contribution >= 0.6 is 0 Å². The van der Waals surface area contributed by atoms with Crippen LogP contribution in [0.1, 0.15) is 37.1 Å². The van der Waals surface area contributed by atoms with E-state index in [1.807, 2.05) is 12.1 Å². The van der Waals surface area contributed by atoms with E-state index < -0.39 is 66.0 Å². The Balaban J connectivity index is 1.28. The van der Waals surface area contributed by atoms with Gasteiger partial charge in [-0.25, -0.2) is 9.59 Å². The summed E-state index contributed by atoms with van der Waals surface area (Å²) in [5, 5.41) is 5.40. The Labute approximate surface area is 200 Å². The first-order chi connectivity index (χ1) is 16.7. The molecule has 3 fully saturated rings. The molecule has 0 bridgehead atoms. The number of esters is 2. The molecule has 3 saturated heterocycles. The number of benzene rings is 2. The molecule has 0 aromatic heterocycles. The second kappa shape index (κ2) is 8.79. The number of hydrogen-bond donors (Lipinski definition) is 2. The molecule has 182 valence electrons. The van der Waals surface area contributed by atoms with E-state index in [0.717, 1.165) is 11.1 Å². The van der Waals surface area contributed by atoms with Crippen LogP contribution in [0.4, 0.5) is 0 Å². The Kier molecular flexibility index (Phi) is 5.78. The van der Waals surface area contributed by atoms with Gasteiger partial charge in [0.2, 0.25) is 12.2 Å². The number of ether oxygens (including phenoxy) is 4. The molecule has 5 rings (SSSR count). The molecule has 0 unspecified atom stereocenters. The van der Waals surface area contributed by atoms with Crippen LogP contribution in [0, 0.1) is 0 Å². The van der Waals surface area contributed by atoms with E-state index in [9.17, 15) is 19.2 Å². The third-order valence-corrected chi connectivity index (χ3v) is 6.08. The number of amides is 2. The molecule has 0 radical (unpaired) electrons. The predicted molar refractivity (Wildman–Crippen MR) is 118 cm³/mol. The average Bonchev–Trinajstić information content (AvgIpc) is 3.19. The van der Waals surface area contributed by atoms with Gasteiger partial charge in [-0.1, -0.05) is 60.7 Å². The second-order valence-electron chi connectivity index (χ2n) is 8.99. The van der Waals surface area contributed by atoms with Crippen molar-refractivity contribution in [3.63, 3.8) is 0 Å². The van der Waals surface area contributed by atoms with Crippen LogP contribution in [0.15, 0.2) is 60.7 Å². The first kappa shape index (κ1) is 23.0. The van der Waals surface area contributed by atoms with Crippen molar-refractivity contribution in [2.45, 2.75) is 56.1 Å². The van der Waals surface area contributed by atoms with Crippen LogP contribution in [0.25, 0.3) is 0 Å². The summed E-state index contributed by atoms with van der Waals surface area (Å²) in [6.07, 6.45) is -5.09. The average molecular weight is 480 g/mol. The first-order valence-corrected chi connectivity index (χ1v) is 11.2. The van der Waals surface area contributed by atoms with Gasteiger partial charge in [0.15, 0.2) is 18.0 Å². The van der Waals surface area contributed by atoms with E-state index in [2.05, 4.69) is 10.6 Å². The number of β-lactam (4-membered cyclic amide) rings is 2. The molecular formula is C25H24N2O8. The van der Waals surface area contributed by atoms with Gasteiger partial charge in [-0.2, -0.15) is 0 Å². The van der Waals surface area contributed by atoms with Crippen molar-refractivity contribution in [3.05, 3.63) is 71.8 Å². The van der Waals surface area contributed by atoms with Gasteiger partial charge in [-0.15, -0.1) is 0 Å². The Morgan fingerprint density at radius 1 is 0.714 bits per heavy atom. The Hall–Kier alpha value is -3.76. The fraction of sp³-hybridized carbons (Fsp3) is 0.360. The van der Waals surface area contributed by atoms with Crippen LogP contribution in [0.2, 0.25) is 0 Å². The first-order valence-electron chi connectivity index (χ1n) is 11.2. The summed E-state index contributed by atoms with van der Waals surface area (Å²) in [7, 11) is 0. The maximum Gasteiger partial charge on any atom is 0.339 e. The lowest BCUT2D eigenvalue weighted by atomic mass is 9.94. The van der Waals surface area contributed by atoms with E-state index in [1.165, 1.54) is 13.8 Å². The van der Waals surface area contributed by atoms with Gasteiger partial charge in [0.25, 0.3) is 11.8 Å². The van der Waals surface area contributed by atoms with Gasteiger partial charge in [0, 0.05) is 0 Å². The fourth-order valence-corrected chi connectivity index (χ4v) is 4.30. The zero-order valence-corrected chi connectivity index (χ0v) is 19.0. The van der Waals surface area contributed by atoms with Crippen molar-refractivity contribution in [2.75, 3.05) is 0 Å². The lowest BCUT2D eigenvalue weighted by Crippen LogP contribution is -2.60. The van der Waals surface area contributed by atoms with E-state index in [0.29, 0.717) is 0 Å². The lowest BCUT2D eigenvalue weighted by Gasteiger charge is -2.37. The predicted octanol–water partition coefficient (Wildman–Crippen LogP) is 1.07.